The Labute approximate surface area is 360 Å². The zero-order chi connectivity index (χ0) is 43.8. The van der Waals surface area contributed by atoms with Crippen molar-refractivity contribution in [3.05, 3.63) is 24.3 Å². The molecule has 0 bridgehead atoms. The fourth-order valence-corrected chi connectivity index (χ4v) is 7.31. The van der Waals surface area contributed by atoms with Crippen LogP contribution in [0.1, 0.15) is 162 Å². The van der Waals surface area contributed by atoms with Gasteiger partial charge in [-0.25, -0.2) is 0 Å². The highest BCUT2D eigenvalue weighted by atomic mass is 16.7. The third kappa shape index (κ3) is 23.2. The molecule has 0 aliphatic carbocycles. The van der Waals surface area contributed by atoms with Gasteiger partial charge in [-0.3, -0.25) is 4.79 Å². The quantitative estimate of drug-likeness (QED) is 0.0230. The zero-order valence-corrected chi connectivity index (χ0v) is 36.9. The van der Waals surface area contributed by atoms with E-state index in [2.05, 4.69) is 38.2 Å². The molecule has 2 aliphatic heterocycles. The van der Waals surface area contributed by atoms with Crippen LogP contribution in [0.2, 0.25) is 0 Å². The second-order valence-corrected chi connectivity index (χ2v) is 16.6. The van der Waals surface area contributed by atoms with Crippen molar-refractivity contribution in [3.63, 3.8) is 0 Å². The van der Waals surface area contributed by atoms with E-state index in [0.29, 0.717) is 13.0 Å². The van der Waals surface area contributed by atoms with Gasteiger partial charge >= 0.3 is 5.97 Å². The second-order valence-electron chi connectivity index (χ2n) is 16.6. The number of carbonyl (C=O) groups excluding carboxylic acids is 1. The monoisotopic (exact) mass is 861 g/mol. The largest absolute Gasteiger partial charge is 0.457 e. The molecular formula is C46H84O14. The van der Waals surface area contributed by atoms with Crippen molar-refractivity contribution in [2.24, 2.45) is 0 Å². The summed E-state index contributed by atoms with van der Waals surface area (Å²) in [5.41, 5.74) is 0. The first-order valence-electron chi connectivity index (χ1n) is 23.4. The van der Waals surface area contributed by atoms with Crippen LogP contribution < -0.4 is 0 Å². The Balaban J connectivity index is 1.77. The highest BCUT2D eigenvalue weighted by Gasteiger charge is 2.47. The van der Waals surface area contributed by atoms with E-state index in [9.17, 15) is 40.5 Å². The highest BCUT2D eigenvalue weighted by Crippen LogP contribution is 2.26. The molecule has 11 unspecified atom stereocenters. The summed E-state index contributed by atoms with van der Waals surface area (Å²) in [6, 6.07) is 0. The van der Waals surface area contributed by atoms with Crippen LogP contribution in [0, 0.1) is 0 Å². The minimum atomic E-state index is -1.70. The predicted octanol–water partition coefficient (Wildman–Crippen LogP) is 5.68. The number of esters is 1. The molecule has 0 aromatic carbocycles. The molecule has 7 N–H and O–H groups in total. The van der Waals surface area contributed by atoms with E-state index in [1.807, 2.05) is 0 Å². The number of hydrogen-bond donors (Lipinski definition) is 7. The number of ether oxygens (including phenoxy) is 6. The lowest BCUT2D eigenvalue weighted by Gasteiger charge is -2.42. The lowest BCUT2D eigenvalue weighted by molar-refractivity contribution is -0.332. The van der Waals surface area contributed by atoms with Gasteiger partial charge < -0.3 is 64.2 Å². The van der Waals surface area contributed by atoms with Crippen molar-refractivity contribution in [3.8, 4) is 0 Å². The number of allylic oxidation sites excluding steroid dienone is 4. The Morgan fingerprint density at radius 3 is 1.62 bits per heavy atom. The molecule has 2 heterocycles. The van der Waals surface area contributed by atoms with Crippen molar-refractivity contribution in [2.45, 2.75) is 229 Å². The summed E-state index contributed by atoms with van der Waals surface area (Å²) in [4.78, 5) is 12.9. The molecule has 2 rings (SSSR count). The van der Waals surface area contributed by atoms with Gasteiger partial charge in [-0.2, -0.15) is 0 Å². The van der Waals surface area contributed by atoms with E-state index in [0.717, 1.165) is 51.4 Å². The van der Waals surface area contributed by atoms with Gasteiger partial charge in [0.25, 0.3) is 0 Å². The Bertz CT molecular complexity index is 1090. The molecule has 0 aromatic rings. The number of unbranched alkanes of at least 4 members (excludes halogenated alkanes) is 18. The first-order chi connectivity index (χ1) is 29.1. The van der Waals surface area contributed by atoms with E-state index >= 15 is 0 Å². The minimum Gasteiger partial charge on any atom is -0.457 e. The van der Waals surface area contributed by atoms with Crippen molar-refractivity contribution in [1.29, 1.82) is 0 Å². The van der Waals surface area contributed by atoms with Crippen molar-refractivity contribution < 1.29 is 69.0 Å². The van der Waals surface area contributed by atoms with Gasteiger partial charge in [0.15, 0.2) is 12.6 Å². The maximum absolute atomic E-state index is 12.9. The standard InChI is InChI=1S/C46H84O14/c1-3-5-7-9-11-13-14-15-16-17-18-19-20-21-22-23-25-27-29-38(48)58-35(32-55-30-28-26-24-12-10-8-6-4-2)33-56-45-44(54)42(52)40(50)37(60-45)34-57-46-43(53)41(51)39(49)36(31-47)59-46/h13-14,16-17,35-37,39-47,49-54H,3-12,15,18-34H2,1-2H3/b14-13-,17-16-. The maximum atomic E-state index is 12.9. The van der Waals surface area contributed by atoms with Crippen LogP contribution in [0.3, 0.4) is 0 Å². The summed E-state index contributed by atoms with van der Waals surface area (Å²) in [5, 5.41) is 71.8. The lowest BCUT2D eigenvalue weighted by Crippen LogP contribution is -2.61. The molecule has 14 nitrogen and oxygen atoms in total. The smallest absolute Gasteiger partial charge is 0.306 e. The predicted molar refractivity (Wildman–Crippen MR) is 229 cm³/mol. The summed E-state index contributed by atoms with van der Waals surface area (Å²) in [7, 11) is 0. The summed E-state index contributed by atoms with van der Waals surface area (Å²) in [6.07, 6.45) is 18.3. The van der Waals surface area contributed by atoms with Crippen molar-refractivity contribution in [2.75, 3.05) is 33.0 Å². The number of rotatable bonds is 36. The van der Waals surface area contributed by atoms with Crippen LogP contribution in [0.5, 0.6) is 0 Å². The van der Waals surface area contributed by atoms with Gasteiger partial charge in [0.1, 0.15) is 54.9 Å². The van der Waals surface area contributed by atoms with Crippen molar-refractivity contribution >= 4 is 5.97 Å². The van der Waals surface area contributed by atoms with Crippen LogP contribution >= 0.6 is 0 Å². The molecule has 2 saturated heterocycles. The lowest BCUT2D eigenvalue weighted by atomic mass is 9.98. The molecule has 352 valence electrons. The maximum Gasteiger partial charge on any atom is 0.306 e. The van der Waals surface area contributed by atoms with Gasteiger partial charge in [-0.1, -0.05) is 134 Å². The number of aliphatic hydroxyl groups excluding tert-OH is 7. The molecule has 0 aromatic heterocycles. The molecule has 11 atom stereocenters. The first kappa shape index (κ1) is 54.6. The Hall–Kier alpha value is -1.53. The van der Waals surface area contributed by atoms with Crippen LogP contribution in [0.25, 0.3) is 0 Å². The van der Waals surface area contributed by atoms with Gasteiger partial charge in [0.05, 0.1) is 26.4 Å². The SMILES string of the molecule is CCCCCC/C=C\C/C=C\CCCCCCCCCC(=O)OC(COCCCCCCCCCC)COC1OC(COC2OC(CO)C(O)C(O)C2O)C(O)C(O)C1O. The van der Waals surface area contributed by atoms with E-state index in [1.54, 1.807) is 0 Å². The van der Waals surface area contributed by atoms with Crippen LogP contribution in [0.4, 0.5) is 0 Å². The fraction of sp³-hybridized carbons (Fsp3) is 0.891. The van der Waals surface area contributed by atoms with Crippen LogP contribution in [-0.4, -0.2) is 142 Å². The average Bonchev–Trinajstić information content (AvgIpc) is 3.24. The molecule has 0 saturated carbocycles. The van der Waals surface area contributed by atoms with Crippen molar-refractivity contribution in [1.82, 2.24) is 0 Å². The topological polar surface area (TPSA) is 214 Å². The highest BCUT2D eigenvalue weighted by molar-refractivity contribution is 5.69. The molecule has 2 aliphatic rings. The summed E-state index contributed by atoms with van der Waals surface area (Å²) >= 11 is 0. The molecular weight excluding hydrogens is 776 g/mol. The zero-order valence-electron chi connectivity index (χ0n) is 36.9. The minimum absolute atomic E-state index is 0.0604. The van der Waals surface area contributed by atoms with E-state index in [-0.39, 0.29) is 25.6 Å². The number of hydrogen-bond acceptors (Lipinski definition) is 14. The summed E-state index contributed by atoms with van der Waals surface area (Å²) in [5.74, 6) is -0.385. The number of carbonyl (C=O) groups is 1. The average molecular weight is 861 g/mol. The van der Waals surface area contributed by atoms with Crippen LogP contribution in [-0.2, 0) is 33.2 Å². The van der Waals surface area contributed by atoms with Gasteiger partial charge in [-0.05, 0) is 44.9 Å². The Morgan fingerprint density at radius 2 is 1.03 bits per heavy atom. The van der Waals surface area contributed by atoms with Gasteiger partial charge in [0.2, 0.25) is 0 Å². The van der Waals surface area contributed by atoms with Crippen LogP contribution in [0.15, 0.2) is 24.3 Å². The van der Waals surface area contributed by atoms with E-state index < -0.39 is 80.7 Å². The Kier molecular flexibility index (Phi) is 31.8. The van der Waals surface area contributed by atoms with E-state index in [1.165, 1.54) is 83.5 Å². The molecule has 0 spiro atoms. The number of aliphatic hydroxyl groups is 7. The van der Waals surface area contributed by atoms with E-state index in [4.69, 9.17) is 28.4 Å². The molecule has 0 amide bonds. The summed E-state index contributed by atoms with van der Waals surface area (Å²) in [6.45, 7) is 3.63. The first-order valence-corrected chi connectivity index (χ1v) is 23.4. The van der Waals surface area contributed by atoms with Gasteiger partial charge in [0, 0.05) is 13.0 Å². The van der Waals surface area contributed by atoms with Gasteiger partial charge in [-0.15, -0.1) is 0 Å². The molecule has 14 heteroatoms. The second kappa shape index (κ2) is 34.9. The molecule has 60 heavy (non-hydrogen) atoms. The molecule has 0 radical (unpaired) electrons. The normalized spacial score (nSPS) is 27.9. The fourth-order valence-electron chi connectivity index (χ4n) is 7.31. The third-order valence-electron chi connectivity index (χ3n) is 11.2. The third-order valence-corrected chi connectivity index (χ3v) is 11.2. The molecule has 2 fully saturated rings. The Morgan fingerprint density at radius 1 is 0.550 bits per heavy atom. The summed E-state index contributed by atoms with van der Waals surface area (Å²) < 4.78 is 34.1.